The Kier molecular flexibility index (Phi) is 2.84. The van der Waals surface area contributed by atoms with Crippen LogP contribution in [0.3, 0.4) is 0 Å². The second-order valence-corrected chi connectivity index (χ2v) is 5.56. The van der Waals surface area contributed by atoms with Crippen molar-refractivity contribution in [1.29, 1.82) is 0 Å². The molecule has 1 saturated carbocycles. The molecule has 1 aromatic rings. The molecule has 2 aliphatic rings. The number of hydrogen-bond donors (Lipinski definition) is 2. The van der Waals surface area contributed by atoms with Gasteiger partial charge in [-0.3, -0.25) is 4.90 Å². The summed E-state index contributed by atoms with van der Waals surface area (Å²) in [7, 11) is 1.64. The minimum absolute atomic E-state index is 0.483. The van der Waals surface area contributed by atoms with Crippen molar-refractivity contribution in [3.8, 4) is 5.75 Å². The first-order valence-electron chi connectivity index (χ1n) is 6.07. The molecule has 1 aliphatic heterocycles. The highest BCUT2D eigenvalue weighted by Crippen LogP contribution is 2.37. The maximum Gasteiger partial charge on any atom is 0.197 e. The number of hydrogen-bond acceptors (Lipinski definition) is 6. The third-order valence-corrected chi connectivity index (χ3v) is 4.27. The molecule has 17 heavy (non-hydrogen) atoms. The Morgan fingerprint density at radius 1 is 1.47 bits per heavy atom. The average Bonchev–Trinajstić information content (AvgIpc) is 2.98. The van der Waals surface area contributed by atoms with Crippen LogP contribution in [0.1, 0.15) is 19.3 Å². The average molecular weight is 254 g/mol. The van der Waals surface area contributed by atoms with Gasteiger partial charge in [-0.05, 0) is 30.8 Å². The molecule has 5 nitrogen and oxygen atoms in total. The Hall–Kier alpha value is -1.01. The van der Waals surface area contributed by atoms with Crippen molar-refractivity contribution in [2.45, 2.75) is 31.3 Å². The fourth-order valence-corrected chi connectivity index (χ4v) is 3.21. The van der Waals surface area contributed by atoms with Gasteiger partial charge in [0.2, 0.25) is 0 Å². The monoisotopic (exact) mass is 254 g/mol. The van der Waals surface area contributed by atoms with Gasteiger partial charge in [-0.15, -0.1) is 0 Å². The van der Waals surface area contributed by atoms with Gasteiger partial charge in [-0.1, -0.05) is 0 Å². The Labute approximate surface area is 105 Å². The second-order valence-electron chi connectivity index (χ2n) is 4.79. The van der Waals surface area contributed by atoms with E-state index in [0.717, 1.165) is 17.6 Å². The topological polar surface area (TPSA) is 63.4 Å². The Morgan fingerprint density at radius 2 is 2.29 bits per heavy atom. The van der Waals surface area contributed by atoms with E-state index >= 15 is 0 Å². The minimum atomic E-state index is 0.483. The van der Waals surface area contributed by atoms with Gasteiger partial charge in [0.05, 0.1) is 7.11 Å². The van der Waals surface area contributed by atoms with Crippen LogP contribution in [0.5, 0.6) is 5.75 Å². The lowest BCUT2D eigenvalue weighted by Crippen LogP contribution is -2.27. The first kappa shape index (κ1) is 11.1. The first-order chi connectivity index (χ1) is 8.28. The van der Waals surface area contributed by atoms with Crippen LogP contribution >= 0.6 is 11.5 Å². The van der Waals surface area contributed by atoms with E-state index in [9.17, 15) is 0 Å². The molecule has 2 fully saturated rings. The number of anilines is 2. The van der Waals surface area contributed by atoms with Gasteiger partial charge < -0.3 is 15.8 Å². The SMILES string of the molecule is COc1c(N)nsc1NC1CCN(C2CC2)C1. The molecule has 94 valence electrons. The van der Waals surface area contributed by atoms with Crippen molar-refractivity contribution in [3.05, 3.63) is 0 Å². The molecule has 1 unspecified atom stereocenters. The zero-order valence-electron chi connectivity index (χ0n) is 9.98. The number of rotatable bonds is 4. The van der Waals surface area contributed by atoms with Crippen molar-refractivity contribution < 1.29 is 4.74 Å². The zero-order chi connectivity index (χ0) is 11.8. The van der Waals surface area contributed by atoms with E-state index in [1.54, 1.807) is 7.11 Å². The summed E-state index contributed by atoms with van der Waals surface area (Å²) in [5.41, 5.74) is 5.74. The fraction of sp³-hybridized carbons (Fsp3) is 0.727. The van der Waals surface area contributed by atoms with Crippen LogP contribution in [0.4, 0.5) is 10.8 Å². The number of ether oxygens (including phenoxy) is 1. The summed E-state index contributed by atoms with van der Waals surface area (Å²) in [6.45, 7) is 2.34. The van der Waals surface area contributed by atoms with Gasteiger partial charge in [-0.25, -0.2) is 0 Å². The van der Waals surface area contributed by atoms with Gasteiger partial charge >= 0.3 is 0 Å². The van der Waals surface area contributed by atoms with E-state index in [-0.39, 0.29) is 0 Å². The Morgan fingerprint density at radius 3 is 3.00 bits per heavy atom. The maximum absolute atomic E-state index is 5.74. The molecule has 0 spiro atoms. The molecule has 1 atom stereocenters. The first-order valence-corrected chi connectivity index (χ1v) is 6.85. The van der Waals surface area contributed by atoms with E-state index < -0.39 is 0 Å². The van der Waals surface area contributed by atoms with E-state index in [4.69, 9.17) is 10.5 Å². The van der Waals surface area contributed by atoms with Gasteiger partial charge in [-0.2, -0.15) is 4.37 Å². The summed E-state index contributed by atoms with van der Waals surface area (Å²) >= 11 is 1.38. The second kappa shape index (κ2) is 4.34. The fourth-order valence-electron chi connectivity index (χ4n) is 2.45. The quantitative estimate of drug-likeness (QED) is 0.850. The maximum atomic E-state index is 5.74. The molecule has 3 rings (SSSR count). The van der Waals surface area contributed by atoms with Crippen molar-refractivity contribution in [1.82, 2.24) is 9.27 Å². The molecule has 3 N–H and O–H groups in total. The predicted octanol–water partition coefficient (Wildman–Crippen LogP) is 1.38. The van der Waals surface area contributed by atoms with Crippen LogP contribution in [0.25, 0.3) is 0 Å². The lowest BCUT2D eigenvalue weighted by Gasteiger charge is -2.16. The highest BCUT2D eigenvalue weighted by Gasteiger charge is 2.34. The Balaban J connectivity index is 1.62. The molecule has 1 saturated heterocycles. The number of nitrogens with one attached hydrogen (secondary N) is 1. The van der Waals surface area contributed by atoms with E-state index in [2.05, 4.69) is 14.6 Å². The van der Waals surface area contributed by atoms with Crippen LogP contribution in [0.15, 0.2) is 0 Å². The number of methoxy groups -OCH3 is 1. The summed E-state index contributed by atoms with van der Waals surface area (Å²) in [4.78, 5) is 2.58. The summed E-state index contributed by atoms with van der Waals surface area (Å²) in [6, 6.07) is 1.36. The molecular weight excluding hydrogens is 236 g/mol. The predicted molar refractivity (Wildman–Crippen MR) is 69.7 cm³/mol. The zero-order valence-corrected chi connectivity index (χ0v) is 10.8. The van der Waals surface area contributed by atoms with Gasteiger partial charge in [0.1, 0.15) is 0 Å². The van der Waals surface area contributed by atoms with Crippen LogP contribution in [0, 0.1) is 0 Å². The van der Waals surface area contributed by atoms with Gasteiger partial charge in [0, 0.05) is 25.2 Å². The summed E-state index contributed by atoms with van der Waals surface area (Å²) in [6.07, 6.45) is 3.95. The third-order valence-electron chi connectivity index (χ3n) is 3.50. The molecule has 2 heterocycles. The van der Waals surface area contributed by atoms with Gasteiger partial charge in [0.25, 0.3) is 0 Å². The molecule has 0 bridgehead atoms. The minimum Gasteiger partial charge on any atom is -0.490 e. The Bertz CT molecular complexity index is 404. The van der Waals surface area contributed by atoms with Crippen molar-refractivity contribution in [2.24, 2.45) is 0 Å². The van der Waals surface area contributed by atoms with Crippen LogP contribution in [-0.2, 0) is 0 Å². The highest BCUT2D eigenvalue weighted by molar-refractivity contribution is 7.11. The standard InChI is InChI=1S/C11H18N4OS/c1-16-9-10(12)14-17-11(9)13-7-4-5-15(6-7)8-2-3-8/h7-8,13H,2-6H2,1H3,(H2,12,14). The number of nitrogen functional groups attached to an aromatic ring is 1. The lowest BCUT2D eigenvalue weighted by atomic mass is 10.3. The highest BCUT2D eigenvalue weighted by atomic mass is 32.1. The van der Waals surface area contributed by atoms with Crippen molar-refractivity contribution in [3.63, 3.8) is 0 Å². The molecule has 0 aromatic carbocycles. The number of likely N-dealkylation sites (tertiary alicyclic amines) is 1. The number of nitrogens with zero attached hydrogens (tertiary/aromatic N) is 2. The summed E-state index contributed by atoms with van der Waals surface area (Å²) in [5, 5.41) is 4.47. The van der Waals surface area contributed by atoms with Crippen molar-refractivity contribution in [2.75, 3.05) is 31.2 Å². The lowest BCUT2D eigenvalue weighted by molar-refractivity contribution is 0.326. The molecular formula is C11H18N4OS. The largest absolute Gasteiger partial charge is 0.490 e. The molecule has 0 amide bonds. The molecule has 1 aliphatic carbocycles. The van der Waals surface area contributed by atoms with Gasteiger partial charge in [0.15, 0.2) is 16.6 Å². The van der Waals surface area contributed by atoms with Crippen molar-refractivity contribution >= 4 is 22.4 Å². The molecule has 0 radical (unpaired) electrons. The van der Waals surface area contributed by atoms with Crippen LogP contribution < -0.4 is 15.8 Å². The summed E-state index contributed by atoms with van der Waals surface area (Å²) in [5.74, 6) is 1.18. The summed E-state index contributed by atoms with van der Waals surface area (Å²) < 4.78 is 9.37. The molecule has 1 aromatic heterocycles. The number of aromatic nitrogens is 1. The molecule has 6 heteroatoms. The van der Waals surface area contributed by atoms with E-state index in [1.807, 2.05) is 0 Å². The smallest absolute Gasteiger partial charge is 0.197 e. The third kappa shape index (κ3) is 2.19. The normalized spacial score (nSPS) is 25.1. The van der Waals surface area contributed by atoms with E-state index in [1.165, 1.54) is 37.3 Å². The van der Waals surface area contributed by atoms with E-state index in [0.29, 0.717) is 17.6 Å². The van der Waals surface area contributed by atoms with Crippen LogP contribution in [0.2, 0.25) is 0 Å². The number of nitrogens with two attached hydrogens (primary N) is 1. The van der Waals surface area contributed by atoms with Crippen LogP contribution in [-0.4, -0.2) is 41.6 Å².